The van der Waals surface area contributed by atoms with Crippen LogP contribution in [0.3, 0.4) is 0 Å². The number of aryl methyl sites for hydroxylation is 1. The molecule has 0 radical (unpaired) electrons. The van der Waals surface area contributed by atoms with Gasteiger partial charge in [0.05, 0.1) is 18.1 Å². The standard InChI is InChI=1S/C17H27N3O/c1-6-20-15-8-7-13(21-5)10-14(15)19-16(20)9-12(18)11-17(2,3)4/h7-8,10,12H,6,9,11,18H2,1-5H3. The van der Waals surface area contributed by atoms with E-state index in [4.69, 9.17) is 15.5 Å². The number of methoxy groups -OCH3 is 1. The first kappa shape index (κ1) is 15.8. The minimum atomic E-state index is 0.133. The van der Waals surface area contributed by atoms with Gasteiger partial charge in [-0.2, -0.15) is 0 Å². The van der Waals surface area contributed by atoms with E-state index in [1.54, 1.807) is 7.11 Å². The number of aromatic nitrogens is 2. The molecule has 21 heavy (non-hydrogen) atoms. The van der Waals surface area contributed by atoms with Gasteiger partial charge in [-0.1, -0.05) is 20.8 Å². The zero-order chi connectivity index (χ0) is 15.6. The first-order valence-corrected chi connectivity index (χ1v) is 7.63. The van der Waals surface area contributed by atoms with Crippen molar-refractivity contribution in [2.45, 2.75) is 53.1 Å². The number of hydrogen-bond acceptors (Lipinski definition) is 3. The van der Waals surface area contributed by atoms with Crippen molar-refractivity contribution in [1.29, 1.82) is 0 Å². The molecule has 1 aromatic carbocycles. The molecule has 2 N–H and O–H groups in total. The van der Waals surface area contributed by atoms with E-state index in [0.29, 0.717) is 0 Å². The van der Waals surface area contributed by atoms with E-state index in [-0.39, 0.29) is 11.5 Å². The summed E-state index contributed by atoms with van der Waals surface area (Å²) in [5.74, 6) is 1.91. The van der Waals surface area contributed by atoms with E-state index in [1.165, 1.54) is 0 Å². The molecular weight excluding hydrogens is 262 g/mol. The Morgan fingerprint density at radius 2 is 2.05 bits per heavy atom. The van der Waals surface area contributed by atoms with Gasteiger partial charge in [-0.25, -0.2) is 4.98 Å². The minimum absolute atomic E-state index is 0.133. The van der Waals surface area contributed by atoms with Crippen LogP contribution in [0.5, 0.6) is 5.75 Å². The van der Waals surface area contributed by atoms with Crippen LogP contribution in [0, 0.1) is 5.41 Å². The van der Waals surface area contributed by atoms with E-state index in [1.807, 2.05) is 12.1 Å². The van der Waals surface area contributed by atoms with Gasteiger partial charge in [0, 0.05) is 25.1 Å². The second kappa shape index (κ2) is 6.06. The van der Waals surface area contributed by atoms with Crippen LogP contribution >= 0.6 is 0 Å². The maximum Gasteiger partial charge on any atom is 0.121 e. The van der Waals surface area contributed by atoms with Crippen LogP contribution < -0.4 is 10.5 Å². The van der Waals surface area contributed by atoms with Gasteiger partial charge < -0.3 is 15.0 Å². The summed E-state index contributed by atoms with van der Waals surface area (Å²) in [6.07, 6.45) is 1.80. The largest absolute Gasteiger partial charge is 0.497 e. The fraction of sp³-hybridized carbons (Fsp3) is 0.588. The van der Waals surface area contributed by atoms with E-state index in [9.17, 15) is 0 Å². The highest BCUT2D eigenvalue weighted by Gasteiger charge is 2.19. The zero-order valence-corrected chi connectivity index (χ0v) is 13.8. The number of nitrogens with two attached hydrogens (primary N) is 1. The van der Waals surface area contributed by atoms with Crippen LogP contribution in [0.1, 0.15) is 39.9 Å². The number of rotatable bonds is 5. The Morgan fingerprint density at radius 3 is 2.62 bits per heavy atom. The van der Waals surface area contributed by atoms with Crippen molar-refractivity contribution in [2.24, 2.45) is 11.1 Å². The Balaban J connectivity index is 2.30. The molecule has 0 aliphatic rings. The number of benzene rings is 1. The fourth-order valence-electron chi connectivity index (χ4n) is 2.89. The molecule has 1 aromatic heterocycles. The lowest BCUT2D eigenvalue weighted by Crippen LogP contribution is -2.29. The molecule has 4 nitrogen and oxygen atoms in total. The third-order valence-electron chi connectivity index (χ3n) is 3.67. The van der Waals surface area contributed by atoms with Crippen molar-refractivity contribution in [3.8, 4) is 5.75 Å². The normalized spacial score (nSPS) is 13.6. The summed E-state index contributed by atoms with van der Waals surface area (Å²) < 4.78 is 7.53. The van der Waals surface area contributed by atoms with E-state index in [0.717, 1.165) is 42.0 Å². The van der Waals surface area contributed by atoms with Gasteiger partial charge in [0.2, 0.25) is 0 Å². The summed E-state index contributed by atoms with van der Waals surface area (Å²) in [6, 6.07) is 6.17. The summed E-state index contributed by atoms with van der Waals surface area (Å²) >= 11 is 0. The number of ether oxygens (including phenoxy) is 1. The third kappa shape index (κ3) is 3.76. The maximum absolute atomic E-state index is 6.32. The van der Waals surface area contributed by atoms with Gasteiger partial charge in [-0.3, -0.25) is 0 Å². The van der Waals surface area contributed by atoms with Crippen molar-refractivity contribution in [1.82, 2.24) is 9.55 Å². The van der Waals surface area contributed by atoms with Gasteiger partial charge >= 0.3 is 0 Å². The van der Waals surface area contributed by atoms with Gasteiger partial charge in [0.1, 0.15) is 11.6 Å². The van der Waals surface area contributed by atoms with Crippen molar-refractivity contribution in [3.63, 3.8) is 0 Å². The molecule has 2 rings (SSSR count). The lowest BCUT2D eigenvalue weighted by atomic mass is 9.87. The highest BCUT2D eigenvalue weighted by molar-refractivity contribution is 5.77. The first-order chi connectivity index (χ1) is 9.84. The molecule has 0 aliphatic heterocycles. The number of hydrogen-bond donors (Lipinski definition) is 1. The van der Waals surface area contributed by atoms with Gasteiger partial charge in [-0.15, -0.1) is 0 Å². The maximum atomic E-state index is 6.32. The summed E-state index contributed by atoms with van der Waals surface area (Å²) in [5, 5.41) is 0. The molecule has 0 amide bonds. The number of fused-ring (bicyclic) bond motifs is 1. The van der Waals surface area contributed by atoms with E-state index < -0.39 is 0 Å². The summed E-state index contributed by atoms with van der Waals surface area (Å²) in [4.78, 5) is 4.77. The monoisotopic (exact) mass is 289 g/mol. The summed E-state index contributed by atoms with van der Waals surface area (Å²) in [7, 11) is 1.68. The molecule has 4 heteroatoms. The second-order valence-electron chi connectivity index (χ2n) is 6.86. The number of imidazole rings is 1. The molecule has 0 fully saturated rings. The van der Waals surface area contributed by atoms with Crippen molar-refractivity contribution in [2.75, 3.05) is 7.11 Å². The Kier molecular flexibility index (Phi) is 4.57. The summed E-state index contributed by atoms with van der Waals surface area (Å²) in [6.45, 7) is 9.71. The van der Waals surface area contributed by atoms with Gasteiger partial charge in [-0.05, 0) is 30.9 Å². The Hall–Kier alpha value is -1.55. The van der Waals surface area contributed by atoms with Crippen LogP contribution in [0.2, 0.25) is 0 Å². The highest BCUT2D eigenvalue weighted by Crippen LogP contribution is 2.25. The minimum Gasteiger partial charge on any atom is -0.497 e. The predicted molar refractivity (Wildman–Crippen MR) is 87.7 cm³/mol. The third-order valence-corrected chi connectivity index (χ3v) is 3.67. The second-order valence-corrected chi connectivity index (χ2v) is 6.86. The Morgan fingerprint density at radius 1 is 1.33 bits per heavy atom. The van der Waals surface area contributed by atoms with Crippen LogP contribution in [0.15, 0.2) is 18.2 Å². The molecule has 1 heterocycles. The average molecular weight is 289 g/mol. The molecule has 116 valence electrons. The van der Waals surface area contributed by atoms with Crippen molar-refractivity contribution < 1.29 is 4.74 Å². The molecule has 2 aromatic rings. The SMILES string of the molecule is CCn1c(CC(N)CC(C)(C)C)nc2cc(OC)ccc21. The smallest absolute Gasteiger partial charge is 0.121 e. The quantitative estimate of drug-likeness (QED) is 0.918. The zero-order valence-electron chi connectivity index (χ0n) is 13.8. The molecule has 1 unspecified atom stereocenters. The molecule has 1 atom stereocenters. The fourth-order valence-corrected chi connectivity index (χ4v) is 2.89. The van der Waals surface area contributed by atoms with Crippen molar-refractivity contribution in [3.05, 3.63) is 24.0 Å². The predicted octanol–water partition coefficient (Wildman–Crippen LogP) is 3.37. The van der Waals surface area contributed by atoms with Crippen LogP contribution in [-0.2, 0) is 13.0 Å². The topological polar surface area (TPSA) is 53.1 Å². The van der Waals surface area contributed by atoms with Crippen molar-refractivity contribution >= 4 is 11.0 Å². The van der Waals surface area contributed by atoms with E-state index >= 15 is 0 Å². The molecule has 0 aliphatic carbocycles. The molecule has 0 saturated carbocycles. The molecular formula is C17H27N3O. The van der Waals surface area contributed by atoms with Gasteiger partial charge in [0.25, 0.3) is 0 Å². The number of nitrogens with zero attached hydrogens (tertiary/aromatic N) is 2. The van der Waals surface area contributed by atoms with Gasteiger partial charge in [0.15, 0.2) is 0 Å². The van der Waals surface area contributed by atoms with Crippen LogP contribution in [-0.4, -0.2) is 22.7 Å². The van der Waals surface area contributed by atoms with Crippen LogP contribution in [0.4, 0.5) is 0 Å². The summed E-state index contributed by atoms with van der Waals surface area (Å²) in [5.41, 5.74) is 8.69. The highest BCUT2D eigenvalue weighted by atomic mass is 16.5. The lowest BCUT2D eigenvalue weighted by Gasteiger charge is -2.23. The molecule has 0 saturated heterocycles. The lowest BCUT2D eigenvalue weighted by molar-refractivity contribution is 0.335. The molecule has 0 spiro atoms. The average Bonchev–Trinajstić information content (AvgIpc) is 2.71. The Bertz CT molecular complexity index is 610. The first-order valence-electron chi connectivity index (χ1n) is 7.63. The Labute approximate surface area is 127 Å². The van der Waals surface area contributed by atoms with E-state index in [2.05, 4.69) is 38.3 Å². The van der Waals surface area contributed by atoms with Crippen LogP contribution in [0.25, 0.3) is 11.0 Å². The molecule has 0 bridgehead atoms.